The van der Waals surface area contributed by atoms with Gasteiger partial charge in [0.05, 0.1) is 19.3 Å². The molecule has 0 bridgehead atoms. The number of aliphatic hydroxyl groups is 1. The third kappa shape index (κ3) is 3.26. The summed E-state index contributed by atoms with van der Waals surface area (Å²) in [6.45, 7) is 0.487. The Bertz CT molecular complexity index is 327. The molecule has 1 aromatic carbocycles. The van der Waals surface area contributed by atoms with Crippen LogP contribution in [0.25, 0.3) is 0 Å². The number of ether oxygens (including phenoxy) is 3. The van der Waals surface area contributed by atoms with Crippen LogP contribution in [0.2, 0.25) is 0 Å². The smallest absolute Gasteiger partial charge is 0.160 e. The fraction of sp³-hybridized carbons (Fsp3) is 0.538. The van der Waals surface area contributed by atoms with Gasteiger partial charge in [0, 0.05) is 13.5 Å². The predicted molar refractivity (Wildman–Crippen MR) is 62.4 cm³/mol. The van der Waals surface area contributed by atoms with Gasteiger partial charge in [0.25, 0.3) is 0 Å². The van der Waals surface area contributed by atoms with Gasteiger partial charge in [0.2, 0.25) is 0 Å². The molecule has 2 rings (SSSR count). The number of hydrogen-bond donors (Lipinski definition) is 1. The first-order chi connectivity index (χ1) is 8.33. The Morgan fingerprint density at radius 1 is 1.35 bits per heavy atom. The summed E-state index contributed by atoms with van der Waals surface area (Å²) in [5.41, 5.74) is 1.12. The predicted octanol–water partition coefficient (Wildman–Crippen LogP) is 1.33. The van der Waals surface area contributed by atoms with Gasteiger partial charge >= 0.3 is 0 Å². The van der Waals surface area contributed by atoms with Gasteiger partial charge in [-0.2, -0.15) is 0 Å². The molecule has 0 spiro atoms. The average Bonchev–Trinajstić information content (AvgIpc) is 2.80. The van der Waals surface area contributed by atoms with E-state index in [9.17, 15) is 5.11 Å². The van der Waals surface area contributed by atoms with Gasteiger partial charge in [-0.15, -0.1) is 0 Å². The SMILES string of the molecule is CO[C@H]1C[C@H](OCc2ccccc2)[C@@H](CO)O1. The van der Waals surface area contributed by atoms with Crippen LogP contribution in [0, 0.1) is 0 Å². The molecular weight excluding hydrogens is 220 g/mol. The Hall–Kier alpha value is -0.940. The van der Waals surface area contributed by atoms with Crippen LogP contribution in [-0.2, 0) is 20.8 Å². The van der Waals surface area contributed by atoms with Crippen molar-refractivity contribution in [2.45, 2.75) is 31.5 Å². The van der Waals surface area contributed by atoms with E-state index in [1.807, 2.05) is 30.3 Å². The van der Waals surface area contributed by atoms with E-state index in [4.69, 9.17) is 14.2 Å². The monoisotopic (exact) mass is 238 g/mol. The van der Waals surface area contributed by atoms with E-state index < -0.39 is 0 Å². The van der Waals surface area contributed by atoms with Crippen molar-refractivity contribution in [3.05, 3.63) is 35.9 Å². The van der Waals surface area contributed by atoms with Crippen molar-refractivity contribution in [3.8, 4) is 0 Å². The topological polar surface area (TPSA) is 47.9 Å². The molecule has 17 heavy (non-hydrogen) atoms. The molecule has 0 amide bonds. The number of hydrogen-bond acceptors (Lipinski definition) is 4. The maximum Gasteiger partial charge on any atom is 0.160 e. The number of aliphatic hydroxyl groups excluding tert-OH is 1. The van der Waals surface area contributed by atoms with Crippen LogP contribution in [0.4, 0.5) is 0 Å². The van der Waals surface area contributed by atoms with Crippen LogP contribution in [-0.4, -0.2) is 37.3 Å². The minimum Gasteiger partial charge on any atom is -0.394 e. The summed E-state index contributed by atoms with van der Waals surface area (Å²) in [6, 6.07) is 9.95. The van der Waals surface area contributed by atoms with Gasteiger partial charge in [0.15, 0.2) is 6.29 Å². The Labute approximate surface area is 101 Å². The maximum atomic E-state index is 9.19. The maximum absolute atomic E-state index is 9.19. The van der Waals surface area contributed by atoms with Crippen LogP contribution in [0.5, 0.6) is 0 Å². The summed E-state index contributed by atoms with van der Waals surface area (Å²) in [5.74, 6) is 0. The first kappa shape index (κ1) is 12.5. The molecule has 1 saturated heterocycles. The van der Waals surface area contributed by atoms with Crippen LogP contribution in [0.1, 0.15) is 12.0 Å². The summed E-state index contributed by atoms with van der Waals surface area (Å²) in [6.07, 6.45) is -0.00378. The third-order valence-corrected chi connectivity index (χ3v) is 2.92. The second-order valence-electron chi connectivity index (χ2n) is 4.09. The highest BCUT2D eigenvalue weighted by atomic mass is 16.7. The Kier molecular flexibility index (Phi) is 4.50. The lowest BCUT2D eigenvalue weighted by molar-refractivity contribution is -0.130. The van der Waals surface area contributed by atoms with Gasteiger partial charge in [-0.05, 0) is 5.56 Å². The van der Waals surface area contributed by atoms with Gasteiger partial charge in [-0.1, -0.05) is 30.3 Å². The summed E-state index contributed by atoms with van der Waals surface area (Å²) < 4.78 is 16.3. The lowest BCUT2D eigenvalue weighted by Gasteiger charge is -2.16. The molecule has 4 heteroatoms. The molecule has 0 aliphatic carbocycles. The lowest BCUT2D eigenvalue weighted by atomic mass is 10.2. The minimum absolute atomic E-state index is 0.0423. The molecular formula is C13H18O4. The first-order valence-electron chi connectivity index (χ1n) is 5.78. The second kappa shape index (κ2) is 6.12. The van der Waals surface area contributed by atoms with E-state index in [2.05, 4.69) is 0 Å². The van der Waals surface area contributed by atoms with Crippen LogP contribution in [0.3, 0.4) is 0 Å². The normalized spacial score (nSPS) is 28.5. The van der Waals surface area contributed by atoms with Crippen molar-refractivity contribution in [3.63, 3.8) is 0 Å². The van der Waals surface area contributed by atoms with Crippen molar-refractivity contribution in [1.82, 2.24) is 0 Å². The average molecular weight is 238 g/mol. The summed E-state index contributed by atoms with van der Waals surface area (Å²) >= 11 is 0. The molecule has 1 heterocycles. The first-order valence-corrected chi connectivity index (χ1v) is 5.78. The molecule has 1 aliphatic heterocycles. The Morgan fingerprint density at radius 3 is 2.76 bits per heavy atom. The largest absolute Gasteiger partial charge is 0.394 e. The highest BCUT2D eigenvalue weighted by Crippen LogP contribution is 2.24. The third-order valence-electron chi connectivity index (χ3n) is 2.92. The Morgan fingerprint density at radius 2 is 2.12 bits per heavy atom. The lowest BCUT2D eigenvalue weighted by Crippen LogP contribution is -2.27. The van der Waals surface area contributed by atoms with Gasteiger partial charge in [-0.3, -0.25) is 0 Å². The van der Waals surface area contributed by atoms with E-state index in [1.165, 1.54) is 0 Å². The van der Waals surface area contributed by atoms with E-state index in [0.29, 0.717) is 13.0 Å². The molecule has 0 radical (unpaired) electrons. The minimum atomic E-state index is -0.288. The molecule has 0 saturated carbocycles. The molecule has 1 aliphatic rings. The van der Waals surface area contributed by atoms with E-state index in [0.717, 1.165) is 5.56 Å². The Balaban J connectivity index is 1.86. The summed E-state index contributed by atoms with van der Waals surface area (Å²) in [4.78, 5) is 0. The van der Waals surface area contributed by atoms with Crippen LogP contribution in [0.15, 0.2) is 30.3 Å². The molecule has 1 fully saturated rings. The molecule has 94 valence electrons. The highest BCUT2D eigenvalue weighted by molar-refractivity contribution is 5.13. The molecule has 1 aromatic rings. The number of methoxy groups -OCH3 is 1. The van der Waals surface area contributed by atoms with Crippen molar-refractivity contribution in [1.29, 1.82) is 0 Å². The fourth-order valence-corrected chi connectivity index (χ4v) is 1.94. The summed E-state index contributed by atoms with van der Waals surface area (Å²) in [5, 5.41) is 9.19. The van der Waals surface area contributed by atoms with Crippen molar-refractivity contribution < 1.29 is 19.3 Å². The van der Waals surface area contributed by atoms with Crippen molar-refractivity contribution in [2.75, 3.05) is 13.7 Å². The zero-order valence-electron chi connectivity index (χ0n) is 9.91. The van der Waals surface area contributed by atoms with Crippen LogP contribution >= 0.6 is 0 Å². The molecule has 0 unspecified atom stereocenters. The zero-order chi connectivity index (χ0) is 12.1. The summed E-state index contributed by atoms with van der Waals surface area (Å²) in [7, 11) is 1.60. The van der Waals surface area contributed by atoms with E-state index >= 15 is 0 Å². The fourth-order valence-electron chi connectivity index (χ4n) is 1.94. The zero-order valence-corrected chi connectivity index (χ0v) is 9.91. The highest BCUT2D eigenvalue weighted by Gasteiger charge is 2.35. The van der Waals surface area contributed by atoms with Crippen molar-refractivity contribution in [2.24, 2.45) is 0 Å². The van der Waals surface area contributed by atoms with E-state index in [1.54, 1.807) is 7.11 Å². The van der Waals surface area contributed by atoms with Crippen molar-refractivity contribution >= 4 is 0 Å². The number of benzene rings is 1. The molecule has 4 nitrogen and oxygen atoms in total. The number of rotatable bonds is 5. The van der Waals surface area contributed by atoms with Crippen LogP contribution < -0.4 is 0 Å². The van der Waals surface area contributed by atoms with Gasteiger partial charge in [-0.25, -0.2) is 0 Å². The van der Waals surface area contributed by atoms with Gasteiger partial charge < -0.3 is 19.3 Å². The quantitative estimate of drug-likeness (QED) is 0.840. The standard InChI is InChI=1S/C13H18O4/c1-15-13-7-11(12(8-14)17-13)16-9-10-5-3-2-4-6-10/h2-6,11-14H,7-9H2,1H3/t11-,12+,13+/m0/s1. The van der Waals surface area contributed by atoms with Gasteiger partial charge in [0.1, 0.15) is 6.10 Å². The molecule has 0 aromatic heterocycles. The molecule has 1 N–H and O–H groups in total. The second-order valence-corrected chi connectivity index (χ2v) is 4.09. The van der Waals surface area contributed by atoms with E-state index in [-0.39, 0.29) is 25.1 Å². The molecule has 3 atom stereocenters.